The van der Waals surface area contributed by atoms with Gasteiger partial charge in [0, 0.05) is 31.8 Å². The van der Waals surface area contributed by atoms with E-state index in [1.807, 2.05) is 42.6 Å². The van der Waals surface area contributed by atoms with Crippen molar-refractivity contribution < 1.29 is 4.79 Å². The topological polar surface area (TPSA) is 87.7 Å². The number of benzene rings is 1. The largest absolute Gasteiger partial charge is 0.356 e. The summed E-state index contributed by atoms with van der Waals surface area (Å²) in [6.45, 7) is 0.606. The Morgan fingerprint density at radius 3 is 2.84 bits per heavy atom. The van der Waals surface area contributed by atoms with Gasteiger partial charge < -0.3 is 10.3 Å². The van der Waals surface area contributed by atoms with Crippen molar-refractivity contribution in [1.29, 1.82) is 0 Å². The molecule has 0 aliphatic carbocycles. The molecule has 0 bridgehead atoms. The Kier molecular flexibility index (Phi) is 5.51. The van der Waals surface area contributed by atoms with Gasteiger partial charge in [0.15, 0.2) is 0 Å². The van der Waals surface area contributed by atoms with Gasteiger partial charge in [-0.2, -0.15) is 0 Å². The van der Waals surface area contributed by atoms with Crippen molar-refractivity contribution in [2.75, 3.05) is 6.54 Å². The number of carbonyl (C=O) groups excluding carboxylic acids is 1. The molecule has 0 aliphatic rings. The molecule has 128 valence electrons. The molecule has 25 heavy (non-hydrogen) atoms. The van der Waals surface area contributed by atoms with Crippen molar-refractivity contribution in [2.45, 2.75) is 25.7 Å². The van der Waals surface area contributed by atoms with Crippen LogP contribution in [0.5, 0.6) is 0 Å². The van der Waals surface area contributed by atoms with Crippen LogP contribution >= 0.6 is 0 Å². The maximum absolute atomic E-state index is 12.0. The Labute approximate surface area is 145 Å². The Bertz CT molecular complexity index is 906. The number of aryl methyl sites for hydroxylation is 2. The molecule has 3 aromatic rings. The zero-order valence-corrected chi connectivity index (χ0v) is 13.9. The van der Waals surface area contributed by atoms with Gasteiger partial charge in [-0.15, -0.1) is 0 Å². The van der Waals surface area contributed by atoms with Crippen LogP contribution < -0.4 is 10.9 Å². The van der Waals surface area contributed by atoms with E-state index in [0.717, 1.165) is 23.9 Å². The number of hydrogen-bond donors (Lipinski definition) is 2. The summed E-state index contributed by atoms with van der Waals surface area (Å²) < 4.78 is 0. The number of H-pyrrole nitrogens is 1. The van der Waals surface area contributed by atoms with Crippen molar-refractivity contribution in [3.63, 3.8) is 0 Å². The molecule has 2 aromatic heterocycles. The van der Waals surface area contributed by atoms with Crippen LogP contribution in [-0.4, -0.2) is 27.4 Å². The number of nitrogens with zero attached hydrogens (tertiary/aromatic N) is 2. The number of aromatic nitrogens is 3. The van der Waals surface area contributed by atoms with E-state index in [0.29, 0.717) is 24.2 Å². The second-order valence-corrected chi connectivity index (χ2v) is 5.84. The van der Waals surface area contributed by atoms with E-state index < -0.39 is 0 Å². The van der Waals surface area contributed by atoms with Crippen molar-refractivity contribution >= 4 is 16.9 Å². The maximum atomic E-state index is 12.0. The molecule has 6 heteroatoms. The van der Waals surface area contributed by atoms with E-state index in [-0.39, 0.29) is 17.9 Å². The van der Waals surface area contributed by atoms with E-state index in [4.69, 9.17) is 0 Å². The van der Waals surface area contributed by atoms with Gasteiger partial charge in [0.25, 0.3) is 5.56 Å². The summed E-state index contributed by atoms with van der Waals surface area (Å²) in [7, 11) is 0. The van der Waals surface area contributed by atoms with Gasteiger partial charge in [-0.25, -0.2) is 4.98 Å². The van der Waals surface area contributed by atoms with Gasteiger partial charge in [0.05, 0.1) is 11.0 Å². The standard InChI is InChI=1S/C19H20N4O2/c24-18(21-12-4-6-14-5-3-11-20-13-14)10-9-17-19(25)23-16-8-2-1-7-15(16)22-17/h1-3,5,7-8,11,13H,4,6,9-10,12H2,(H,21,24)(H,23,25). The molecule has 0 radical (unpaired) electrons. The summed E-state index contributed by atoms with van der Waals surface area (Å²) in [6, 6.07) is 11.3. The van der Waals surface area contributed by atoms with Crippen LogP contribution in [0.15, 0.2) is 53.6 Å². The summed E-state index contributed by atoms with van der Waals surface area (Å²) in [5, 5.41) is 2.88. The summed E-state index contributed by atoms with van der Waals surface area (Å²) in [5.74, 6) is -0.0689. The predicted molar refractivity (Wildman–Crippen MR) is 96.3 cm³/mol. The SMILES string of the molecule is O=C(CCc1nc2ccccc2[nH]c1=O)NCCCc1cccnc1. The second kappa shape index (κ2) is 8.19. The van der Waals surface area contributed by atoms with Gasteiger partial charge in [-0.1, -0.05) is 18.2 Å². The molecule has 0 saturated carbocycles. The zero-order valence-electron chi connectivity index (χ0n) is 13.9. The highest BCUT2D eigenvalue weighted by atomic mass is 16.1. The monoisotopic (exact) mass is 336 g/mol. The van der Waals surface area contributed by atoms with Crippen LogP contribution in [0.4, 0.5) is 0 Å². The van der Waals surface area contributed by atoms with Crippen LogP contribution in [0.3, 0.4) is 0 Å². The molecule has 6 nitrogen and oxygen atoms in total. The third kappa shape index (κ3) is 4.73. The van der Waals surface area contributed by atoms with Crippen LogP contribution in [-0.2, 0) is 17.6 Å². The number of nitrogens with one attached hydrogen (secondary N) is 2. The van der Waals surface area contributed by atoms with Crippen molar-refractivity contribution in [2.24, 2.45) is 0 Å². The number of amides is 1. The molecule has 3 rings (SSSR count). The van der Waals surface area contributed by atoms with E-state index in [9.17, 15) is 9.59 Å². The second-order valence-electron chi connectivity index (χ2n) is 5.84. The first-order chi connectivity index (χ1) is 12.2. The summed E-state index contributed by atoms with van der Waals surface area (Å²) >= 11 is 0. The lowest BCUT2D eigenvalue weighted by atomic mass is 10.1. The highest BCUT2D eigenvalue weighted by Gasteiger charge is 2.08. The van der Waals surface area contributed by atoms with Crippen LogP contribution in [0.2, 0.25) is 0 Å². The first kappa shape index (κ1) is 16.8. The quantitative estimate of drug-likeness (QED) is 0.646. The van der Waals surface area contributed by atoms with Gasteiger partial charge in [0.1, 0.15) is 5.69 Å². The predicted octanol–water partition coefficient (Wildman–Crippen LogP) is 2.00. The minimum atomic E-state index is -0.233. The number of aromatic amines is 1. The lowest BCUT2D eigenvalue weighted by Crippen LogP contribution is -2.26. The van der Waals surface area contributed by atoms with E-state index >= 15 is 0 Å². The zero-order chi connectivity index (χ0) is 17.5. The summed E-state index contributed by atoms with van der Waals surface area (Å²) in [4.78, 5) is 35.2. The molecule has 2 heterocycles. The highest BCUT2D eigenvalue weighted by molar-refractivity contribution is 5.76. The van der Waals surface area contributed by atoms with Gasteiger partial charge in [-0.05, 0) is 36.6 Å². The average molecular weight is 336 g/mol. The molecule has 2 N–H and O–H groups in total. The van der Waals surface area contributed by atoms with E-state index in [1.54, 1.807) is 6.20 Å². The normalized spacial score (nSPS) is 10.7. The molecule has 0 saturated heterocycles. The molecule has 0 atom stereocenters. The van der Waals surface area contributed by atoms with E-state index in [1.165, 1.54) is 0 Å². The van der Waals surface area contributed by atoms with Crippen molar-refractivity contribution in [3.8, 4) is 0 Å². The smallest absolute Gasteiger partial charge is 0.270 e. The van der Waals surface area contributed by atoms with E-state index in [2.05, 4.69) is 20.3 Å². The third-order valence-corrected chi connectivity index (χ3v) is 3.95. The van der Waals surface area contributed by atoms with Gasteiger partial charge >= 0.3 is 0 Å². The summed E-state index contributed by atoms with van der Waals surface area (Å²) in [6.07, 6.45) is 5.88. The van der Waals surface area contributed by atoms with Gasteiger partial charge in [0.2, 0.25) is 5.91 Å². The molecule has 1 aromatic carbocycles. The Morgan fingerprint density at radius 1 is 1.12 bits per heavy atom. The fourth-order valence-corrected chi connectivity index (χ4v) is 2.62. The lowest BCUT2D eigenvalue weighted by molar-refractivity contribution is -0.121. The number of rotatable bonds is 7. The Hall–Kier alpha value is -3.02. The first-order valence-corrected chi connectivity index (χ1v) is 8.36. The highest BCUT2D eigenvalue weighted by Crippen LogP contribution is 2.07. The number of fused-ring (bicyclic) bond motifs is 1. The van der Waals surface area contributed by atoms with Gasteiger partial charge in [-0.3, -0.25) is 14.6 Å². The molecule has 0 unspecified atom stereocenters. The van der Waals surface area contributed by atoms with Crippen LogP contribution in [0.1, 0.15) is 24.1 Å². The van der Waals surface area contributed by atoms with Crippen LogP contribution in [0.25, 0.3) is 11.0 Å². The van der Waals surface area contributed by atoms with Crippen LogP contribution in [0, 0.1) is 0 Å². The molecule has 0 fully saturated rings. The fraction of sp³-hybridized carbons (Fsp3) is 0.263. The average Bonchev–Trinajstić information content (AvgIpc) is 2.64. The lowest BCUT2D eigenvalue weighted by Gasteiger charge is -2.05. The molecule has 1 amide bonds. The summed E-state index contributed by atoms with van der Waals surface area (Å²) in [5.41, 5.74) is 2.75. The fourth-order valence-electron chi connectivity index (χ4n) is 2.62. The number of para-hydroxylation sites is 2. The first-order valence-electron chi connectivity index (χ1n) is 8.36. The Morgan fingerprint density at radius 2 is 2.00 bits per heavy atom. The van der Waals surface area contributed by atoms with Crippen molar-refractivity contribution in [1.82, 2.24) is 20.3 Å². The molecular formula is C19H20N4O2. The third-order valence-electron chi connectivity index (χ3n) is 3.95. The Balaban J connectivity index is 1.46. The number of hydrogen-bond acceptors (Lipinski definition) is 4. The van der Waals surface area contributed by atoms with Crippen molar-refractivity contribution in [3.05, 3.63) is 70.4 Å². The minimum absolute atomic E-state index is 0.0689. The molecular weight excluding hydrogens is 316 g/mol. The molecule has 0 aliphatic heterocycles. The minimum Gasteiger partial charge on any atom is -0.356 e. The number of pyridine rings is 1. The maximum Gasteiger partial charge on any atom is 0.270 e. The number of carbonyl (C=O) groups is 1. The molecule has 0 spiro atoms.